The van der Waals surface area contributed by atoms with Crippen molar-refractivity contribution in [1.82, 2.24) is 0 Å². The number of aliphatic hydroxyl groups is 1. The molecule has 0 amide bonds. The first-order valence-corrected chi connectivity index (χ1v) is 8.34. The lowest BCUT2D eigenvalue weighted by Crippen LogP contribution is -2.08. The molecule has 134 valence electrons. The van der Waals surface area contributed by atoms with Crippen molar-refractivity contribution in [3.8, 4) is 0 Å². The summed E-state index contributed by atoms with van der Waals surface area (Å²) in [5.74, 6) is 0.680. The van der Waals surface area contributed by atoms with Gasteiger partial charge in [-0.25, -0.2) is 4.79 Å². The minimum atomic E-state index is -0.275. The van der Waals surface area contributed by atoms with Crippen LogP contribution >= 0.6 is 0 Å². The van der Waals surface area contributed by atoms with Crippen LogP contribution in [0, 0.1) is 6.92 Å². The van der Waals surface area contributed by atoms with Gasteiger partial charge in [0.25, 0.3) is 0 Å². The number of aliphatic hydroxyl groups excluding tert-OH is 1. The van der Waals surface area contributed by atoms with Crippen molar-refractivity contribution < 1.29 is 23.8 Å². The van der Waals surface area contributed by atoms with Crippen LogP contribution in [0.1, 0.15) is 55.0 Å². The lowest BCUT2D eigenvalue weighted by molar-refractivity contribution is -0.139. The molecule has 0 aromatic carbocycles. The molecule has 0 fully saturated rings. The summed E-state index contributed by atoms with van der Waals surface area (Å²) in [5, 5.41) is 8.97. The zero-order valence-corrected chi connectivity index (χ0v) is 14.9. The van der Waals surface area contributed by atoms with Crippen molar-refractivity contribution in [2.75, 3.05) is 6.61 Å². The van der Waals surface area contributed by atoms with E-state index in [1.165, 1.54) is 0 Å². The van der Waals surface area contributed by atoms with Gasteiger partial charge in [-0.2, -0.15) is 0 Å². The van der Waals surface area contributed by atoms with Crippen molar-refractivity contribution in [3.05, 3.63) is 52.0 Å². The Morgan fingerprint density at radius 1 is 1.32 bits per heavy atom. The molecule has 1 atom stereocenters. The Labute approximate surface area is 147 Å². The number of carbonyl (C=O) groups is 2. The van der Waals surface area contributed by atoms with Gasteiger partial charge in [-0.15, -0.1) is 0 Å². The molecule has 1 aromatic heterocycles. The summed E-state index contributed by atoms with van der Waals surface area (Å²) in [6.45, 7) is 5.64. The van der Waals surface area contributed by atoms with E-state index in [1.54, 1.807) is 0 Å². The smallest absolute Gasteiger partial charge is 0.334 e. The third-order valence-electron chi connectivity index (χ3n) is 4.06. The van der Waals surface area contributed by atoms with E-state index in [9.17, 15) is 9.59 Å². The average Bonchev–Trinajstić information content (AvgIpc) is 3.09. The van der Waals surface area contributed by atoms with Gasteiger partial charge in [0.2, 0.25) is 0 Å². The highest BCUT2D eigenvalue weighted by molar-refractivity contribution is 5.90. The fourth-order valence-electron chi connectivity index (χ4n) is 2.69. The summed E-state index contributed by atoms with van der Waals surface area (Å²) in [6.07, 6.45) is 7.96. The highest BCUT2D eigenvalue weighted by Crippen LogP contribution is 2.24. The fraction of sp³-hybridized carbons (Fsp3) is 0.400. The van der Waals surface area contributed by atoms with E-state index in [0.29, 0.717) is 42.6 Å². The molecule has 1 aliphatic heterocycles. The van der Waals surface area contributed by atoms with Gasteiger partial charge >= 0.3 is 5.97 Å². The maximum atomic E-state index is 11.9. The molecule has 2 heterocycles. The van der Waals surface area contributed by atoms with E-state index in [-0.39, 0.29) is 18.7 Å². The van der Waals surface area contributed by atoms with Gasteiger partial charge < -0.3 is 14.3 Å². The van der Waals surface area contributed by atoms with Gasteiger partial charge in [0.1, 0.15) is 11.9 Å². The second-order valence-electron chi connectivity index (χ2n) is 6.39. The molecule has 1 N–H and O–H groups in total. The van der Waals surface area contributed by atoms with Gasteiger partial charge in [0, 0.05) is 12.0 Å². The molecule has 0 saturated carbocycles. The Hall–Kier alpha value is -2.40. The SMILES string of the molecule is C/C(=C\CCC1=C[C@H](C/C(C)=C/c2cc(C)c(C=O)o2)OC1=O)CO. The van der Waals surface area contributed by atoms with Gasteiger partial charge in [-0.1, -0.05) is 17.2 Å². The minimum absolute atomic E-state index is 0.0359. The predicted molar refractivity (Wildman–Crippen MR) is 95.1 cm³/mol. The maximum absolute atomic E-state index is 11.9. The molecule has 25 heavy (non-hydrogen) atoms. The molecular weight excluding hydrogens is 320 g/mol. The summed E-state index contributed by atoms with van der Waals surface area (Å²) in [6, 6.07) is 1.81. The third kappa shape index (κ3) is 5.29. The van der Waals surface area contributed by atoms with E-state index < -0.39 is 0 Å². The molecule has 0 bridgehead atoms. The van der Waals surface area contributed by atoms with Crippen molar-refractivity contribution in [1.29, 1.82) is 0 Å². The number of ether oxygens (including phenoxy) is 1. The van der Waals surface area contributed by atoms with Crippen LogP contribution in [0.2, 0.25) is 0 Å². The van der Waals surface area contributed by atoms with Crippen LogP contribution < -0.4 is 0 Å². The number of esters is 1. The molecule has 5 nitrogen and oxygen atoms in total. The van der Waals surface area contributed by atoms with E-state index in [0.717, 1.165) is 16.7 Å². The first-order chi connectivity index (χ1) is 11.9. The quantitative estimate of drug-likeness (QED) is 0.441. The number of allylic oxidation sites excluding steroid dienone is 1. The van der Waals surface area contributed by atoms with E-state index >= 15 is 0 Å². The summed E-state index contributed by atoms with van der Waals surface area (Å²) in [7, 11) is 0. The zero-order valence-electron chi connectivity index (χ0n) is 14.9. The van der Waals surface area contributed by atoms with Crippen molar-refractivity contribution in [2.45, 2.75) is 46.1 Å². The topological polar surface area (TPSA) is 76.7 Å². The van der Waals surface area contributed by atoms with Crippen LogP contribution in [-0.2, 0) is 9.53 Å². The number of hydrogen-bond donors (Lipinski definition) is 1. The average molecular weight is 344 g/mol. The van der Waals surface area contributed by atoms with Crippen LogP contribution in [0.3, 0.4) is 0 Å². The van der Waals surface area contributed by atoms with Crippen LogP contribution in [0.4, 0.5) is 0 Å². The Morgan fingerprint density at radius 3 is 2.72 bits per heavy atom. The maximum Gasteiger partial charge on any atom is 0.334 e. The standard InChI is InChI=1S/C20H24O5/c1-13(11-21)5-4-6-16-10-18(25-20(16)23)8-14(2)7-17-9-15(3)19(12-22)24-17/h5,7,9-10,12,18,21H,4,6,8,11H2,1-3H3/b13-5+,14-7+/t18-/m0/s1. The lowest BCUT2D eigenvalue weighted by Gasteiger charge is -2.07. The molecule has 5 heteroatoms. The largest absolute Gasteiger partial charge is 0.454 e. The van der Waals surface area contributed by atoms with E-state index in [4.69, 9.17) is 14.3 Å². The highest BCUT2D eigenvalue weighted by atomic mass is 16.5. The van der Waals surface area contributed by atoms with Gasteiger partial charge in [0.05, 0.1) is 6.61 Å². The van der Waals surface area contributed by atoms with Crippen LogP contribution in [0.15, 0.2) is 39.4 Å². The van der Waals surface area contributed by atoms with Crippen molar-refractivity contribution in [2.24, 2.45) is 0 Å². The number of aldehydes is 1. The monoisotopic (exact) mass is 344 g/mol. The fourth-order valence-corrected chi connectivity index (χ4v) is 2.69. The number of hydrogen-bond acceptors (Lipinski definition) is 5. The van der Waals surface area contributed by atoms with Crippen LogP contribution in [0.25, 0.3) is 6.08 Å². The Balaban J connectivity index is 1.96. The molecule has 0 unspecified atom stereocenters. The Bertz CT molecular complexity index is 733. The van der Waals surface area contributed by atoms with Crippen molar-refractivity contribution in [3.63, 3.8) is 0 Å². The summed E-state index contributed by atoms with van der Waals surface area (Å²) >= 11 is 0. The molecular formula is C20H24O5. The number of cyclic esters (lactones) is 1. The predicted octanol–water partition coefficient (Wildman–Crippen LogP) is 3.76. The number of aryl methyl sites for hydroxylation is 1. The summed E-state index contributed by atoms with van der Waals surface area (Å²) in [4.78, 5) is 22.7. The summed E-state index contributed by atoms with van der Waals surface area (Å²) < 4.78 is 10.8. The van der Waals surface area contributed by atoms with E-state index in [2.05, 4.69) is 0 Å². The van der Waals surface area contributed by atoms with Gasteiger partial charge in [0.15, 0.2) is 12.0 Å². The molecule has 0 aliphatic carbocycles. The highest BCUT2D eigenvalue weighted by Gasteiger charge is 2.24. The molecule has 0 radical (unpaired) electrons. The molecule has 0 saturated heterocycles. The molecule has 1 aromatic rings. The summed E-state index contributed by atoms with van der Waals surface area (Å²) in [5.41, 5.74) is 3.37. The normalized spacial score (nSPS) is 18.3. The molecule has 2 rings (SSSR count). The first kappa shape index (κ1) is 18.9. The van der Waals surface area contributed by atoms with Crippen molar-refractivity contribution >= 4 is 18.3 Å². The second kappa shape index (κ2) is 8.62. The number of carbonyl (C=O) groups excluding carboxylic acids is 2. The van der Waals surface area contributed by atoms with E-state index in [1.807, 2.05) is 45.1 Å². The van der Waals surface area contributed by atoms with Gasteiger partial charge in [-0.05, 0) is 57.4 Å². The van der Waals surface area contributed by atoms with Crippen LogP contribution in [-0.4, -0.2) is 30.1 Å². The third-order valence-corrected chi connectivity index (χ3v) is 4.06. The zero-order chi connectivity index (χ0) is 18.4. The van der Waals surface area contributed by atoms with Crippen LogP contribution in [0.5, 0.6) is 0 Å². The van der Waals surface area contributed by atoms with Gasteiger partial charge in [-0.3, -0.25) is 4.79 Å². The Kier molecular flexibility index (Phi) is 6.53. The molecule has 0 spiro atoms. The second-order valence-corrected chi connectivity index (χ2v) is 6.39. The molecule has 1 aliphatic rings. The lowest BCUT2D eigenvalue weighted by atomic mass is 10.1. The first-order valence-electron chi connectivity index (χ1n) is 8.34. The number of rotatable bonds is 8. The minimum Gasteiger partial charge on any atom is -0.454 e. The number of furan rings is 1. The Morgan fingerprint density at radius 2 is 2.08 bits per heavy atom.